The van der Waals surface area contributed by atoms with E-state index in [0.29, 0.717) is 6.61 Å². The highest BCUT2D eigenvalue weighted by molar-refractivity contribution is 5.39. The van der Waals surface area contributed by atoms with E-state index in [9.17, 15) is 0 Å². The molecular formula is C13H21NO2. The molecule has 1 aromatic rings. The normalized spacial score (nSPS) is 14.6. The van der Waals surface area contributed by atoms with Gasteiger partial charge in [-0.1, -0.05) is 13.0 Å². The van der Waals surface area contributed by atoms with Crippen molar-refractivity contribution in [3.8, 4) is 5.75 Å². The minimum absolute atomic E-state index is 0.412. The highest BCUT2D eigenvalue weighted by Gasteiger charge is 2.26. The summed E-state index contributed by atoms with van der Waals surface area (Å²) >= 11 is 0. The van der Waals surface area contributed by atoms with Crippen molar-refractivity contribution in [1.29, 1.82) is 0 Å². The van der Waals surface area contributed by atoms with Crippen molar-refractivity contribution in [2.45, 2.75) is 25.8 Å². The topological polar surface area (TPSA) is 44.5 Å². The molecule has 0 spiro atoms. The predicted octanol–water partition coefficient (Wildman–Crippen LogP) is 2.21. The molecule has 0 fully saturated rings. The summed E-state index contributed by atoms with van der Waals surface area (Å²) in [6.07, 6.45) is 0.841. The maximum absolute atomic E-state index is 6.36. The smallest absolute Gasteiger partial charge is 0.119 e. The average molecular weight is 223 g/mol. The van der Waals surface area contributed by atoms with Gasteiger partial charge in [0.25, 0.3) is 0 Å². The van der Waals surface area contributed by atoms with E-state index in [1.807, 2.05) is 25.1 Å². The molecule has 0 saturated heterocycles. The molecule has 0 aliphatic heterocycles. The molecular weight excluding hydrogens is 202 g/mol. The molecule has 3 heteroatoms. The van der Waals surface area contributed by atoms with Crippen LogP contribution < -0.4 is 10.5 Å². The molecule has 0 bridgehead atoms. The van der Waals surface area contributed by atoms with E-state index in [1.54, 1.807) is 14.2 Å². The summed E-state index contributed by atoms with van der Waals surface area (Å²) in [7, 11) is 3.34. The molecule has 0 amide bonds. The van der Waals surface area contributed by atoms with Gasteiger partial charge in [0, 0.05) is 7.11 Å². The van der Waals surface area contributed by atoms with Gasteiger partial charge in [0.05, 0.1) is 19.3 Å². The van der Waals surface area contributed by atoms with Crippen LogP contribution in [0.2, 0.25) is 0 Å². The number of ether oxygens (including phenoxy) is 2. The van der Waals surface area contributed by atoms with E-state index < -0.39 is 5.54 Å². The third kappa shape index (κ3) is 2.54. The third-order valence-electron chi connectivity index (χ3n) is 3.00. The summed E-state index contributed by atoms with van der Waals surface area (Å²) < 4.78 is 10.4. The van der Waals surface area contributed by atoms with Gasteiger partial charge in [-0.3, -0.25) is 0 Å². The van der Waals surface area contributed by atoms with Crippen molar-refractivity contribution < 1.29 is 9.47 Å². The number of methoxy groups -OCH3 is 2. The van der Waals surface area contributed by atoms with Crippen LogP contribution >= 0.6 is 0 Å². The van der Waals surface area contributed by atoms with Gasteiger partial charge in [0.15, 0.2) is 0 Å². The second-order valence-electron chi connectivity index (χ2n) is 4.12. The van der Waals surface area contributed by atoms with Gasteiger partial charge in [-0.05, 0) is 36.6 Å². The van der Waals surface area contributed by atoms with E-state index in [4.69, 9.17) is 15.2 Å². The van der Waals surface area contributed by atoms with Gasteiger partial charge in [0.2, 0.25) is 0 Å². The Morgan fingerprint density at radius 2 is 2.00 bits per heavy atom. The van der Waals surface area contributed by atoms with Gasteiger partial charge in [-0.15, -0.1) is 0 Å². The summed E-state index contributed by atoms with van der Waals surface area (Å²) in [5.74, 6) is 0.858. The fourth-order valence-corrected chi connectivity index (χ4v) is 1.95. The van der Waals surface area contributed by atoms with E-state index in [2.05, 4.69) is 6.92 Å². The van der Waals surface area contributed by atoms with E-state index in [-0.39, 0.29) is 0 Å². The molecule has 16 heavy (non-hydrogen) atoms. The summed E-state index contributed by atoms with van der Waals surface area (Å²) in [6.45, 7) is 4.64. The van der Waals surface area contributed by atoms with Gasteiger partial charge in [0.1, 0.15) is 5.75 Å². The highest BCUT2D eigenvalue weighted by atomic mass is 16.5. The summed E-state index contributed by atoms with van der Waals surface area (Å²) in [6, 6.07) is 5.97. The first-order valence-electron chi connectivity index (χ1n) is 5.50. The zero-order chi connectivity index (χ0) is 12.2. The molecule has 0 aromatic heterocycles. The Morgan fingerprint density at radius 3 is 2.44 bits per heavy atom. The number of benzene rings is 1. The molecule has 0 radical (unpaired) electrons. The summed E-state index contributed by atoms with van der Waals surface area (Å²) in [4.78, 5) is 0. The first-order valence-corrected chi connectivity index (χ1v) is 5.50. The van der Waals surface area contributed by atoms with E-state index in [0.717, 1.165) is 23.3 Å². The second kappa shape index (κ2) is 5.32. The zero-order valence-corrected chi connectivity index (χ0v) is 10.5. The van der Waals surface area contributed by atoms with Crippen LogP contribution in [-0.2, 0) is 10.3 Å². The lowest BCUT2D eigenvalue weighted by molar-refractivity contribution is 0.129. The lowest BCUT2D eigenvalue weighted by atomic mass is 9.86. The molecule has 0 heterocycles. The minimum Gasteiger partial charge on any atom is -0.497 e. The fourth-order valence-electron chi connectivity index (χ4n) is 1.95. The predicted molar refractivity (Wildman–Crippen MR) is 65.8 cm³/mol. The maximum atomic E-state index is 6.36. The summed E-state index contributed by atoms with van der Waals surface area (Å²) in [5.41, 5.74) is 8.21. The van der Waals surface area contributed by atoms with Gasteiger partial charge in [-0.2, -0.15) is 0 Å². The quantitative estimate of drug-likeness (QED) is 0.832. The minimum atomic E-state index is -0.412. The van der Waals surface area contributed by atoms with E-state index >= 15 is 0 Å². The fraction of sp³-hybridized carbons (Fsp3) is 0.538. The lowest BCUT2D eigenvalue weighted by Crippen LogP contribution is -2.41. The number of rotatable bonds is 5. The Labute approximate surface area is 97.6 Å². The van der Waals surface area contributed by atoms with Crippen molar-refractivity contribution in [3.63, 3.8) is 0 Å². The number of hydrogen-bond acceptors (Lipinski definition) is 3. The van der Waals surface area contributed by atoms with Crippen molar-refractivity contribution >= 4 is 0 Å². The first kappa shape index (κ1) is 13.0. The van der Waals surface area contributed by atoms with Crippen LogP contribution in [0, 0.1) is 6.92 Å². The van der Waals surface area contributed by atoms with Crippen LogP contribution in [0.5, 0.6) is 5.75 Å². The van der Waals surface area contributed by atoms with Gasteiger partial charge < -0.3 is 15.2 Å². The number of nitrogens with two attached hydrogens (primary N) is 1. The molecule has 2 N–H and O–H groups in total. The van der Waals surface area contributed by atoms with Crippen molar-refractivity contribution in [2.75, 3.05) is 20.8 Å². The van der Waals surface area contributed by atoms with Gasteiger partial charge in [-0.25, -0.2) is 0 Å². The van der Waals surface area contributed by atoms with Gasteiger partial charge >= 0.3 is 0 Å². The van der Waals surface area contributed by atoms with Crippen LogP contribution in [0.1, 0.15) is 24.5 Å². The molecule has 1 aromatic carbocycles. The highest BCUT2D eigenvalue weighted by Crippen LogP contribution is 2.28. The first-order chi connectivity index (χ1) is 7.57. The maximum Gasteiger partial charge on any atom is 0.119 e. The Kier molecular flexibility index (Phi) is 4.33. The van der Waals surface area contributed by atoms with E-state index in [1.165, 1.54) is 0 Å². The van der Waals surface area contributed by atoms with Crippen LogP contribution in [0.25, 0.3) is 0 Å². The van der Waals surface area contributed by atoms with Crippen molar-refractivity contribution in [2.24, 2.45) is 5.73 Å². The molecule has 3 nitrogen and oxygen atoms in total. The molecule has 90 valence electrons. The lowest BCUT2D eigenvalue weighted by Gasteiger charge is -2.29. The van der Waals surface area contributed by atoms with Crippen LogP contribution in [-0.4, -0.2) is 20.8 Å². The number of hydrogen-bond donors (Lipinski definition) is 1. The third-order valence-corrected chi connectivity index (χ3v) is 3.00. The van der Waals surface area contributed by atoms with Crippen LogP contribution in [0.15, 0.2) is 18.2 Å². The Bertz CT molecular complexity index is 352. The number of aryl methyl sites for hydroxylation is 1. The molecule has 1 rings (SSSR count). The molecule has 0 aliphatic carbocycles. The monoisotopic (exact) mass is 223 g/mol. The Morgan fingerprint density at radius 1 is 1.31 bits per heavy atom. The standard InChI is InChI=1S/C13H21NO2/c1-5-13(14,9-15-3)12-7-6-11(16-4)8-10(12)2/h6-8H,5,9,14H2,1-4H3. The van der Waals surface area contributed by atoms with Crippen molar-refractivity contribution in [1.82, 2.24) is 0 Å². The molecule has 0 saturated carbocycles. The van der Waals surface area contributed by atoms with Crippen LogP contribution in [0.4, 0.5) is 0 Å². The average Bonchev–Trinajstić information content (AvgIpc) is 2.28. The summed E-state index contributed by atoms with van der Waals surface area (Å²) in [5, 5.41) is 0. The van der Waals surface area contributed by atoms with Crippen LogP contribution in [0.3, 0.4) is 0 Å². The largest absolute Gasteiger partial charge is 0.497 e. The second-order valence-corrected chi connectivity index (χ2v) is 4.12. The Balaban J connectivity index is 3.10. The molecule has 1 unspecified atom stereocenters. The Hall–Kier alpha value is -1.06. The SMILES string of the molecule is CCC(N)(COC)c1ccc(OC)cc1C. The van der Waals surface area contributed by atoms with Crippen molar-refractivity contribution in [3.05, 3.63) is 29.3 Å². The molecule has 0 aliphatic rings. The molecule has 1 atom stereocenters. The zero-order valence-electron chi connectivity index (χ0n) is 10.5.